The van der Waals surface area contributed by atoms with Crippen LogP contribution in [0.15, 0.2) is 60.7 Å². The van der Waals surface area contributed by atoms with Crippen LogP contribution in [0, 0.1) is 0 Å². The summed E-state index contributed by atoms with van der Waals surface area (Å²) in [4.78, 5) is 26.8. The molecule has 0 saturated carbocycles. The van der Waals surface area contributed by atoms with E-state index in [0.717, 1.165) is 27.8 Å². The van der Waals surface area contributed by atoms with Gasteiger partial charge in [-0.1, -0.05) is 48.5 Å². The van der Waals surface area contributed by atoms with Crippen molar-refractivity contribution in [2.24, 2.45) is 0 Å². The number of rotatable bonds is 5. The first kappa shape index (κ1) is 21.8. The molecule has 2 aliphatic rings. The van der Waals surface area contributed by atoms with Crippen molar-refractivity contribution >= 4 is 12.1 Å². The number of carboxylic acid groups (broad SMARTS) is 1. The number of carbonyl (C=O) groups excluding carboxylic acids is 1. The number of hydrogen-bond acceptors (Lipinski definition) is 5. The van der Waals surface area contributed by atoms with Crippen molar-refractivity contribution in [2.75, 3.05) is 27.4 Å². The summed E-state index contributed by atoms with van der Waals surface area (Å²) in [7, 11) is 3.02. The minimum atomic E-state index is -1.21. The summed E-state index contributed by atoms with van der Waals surface area (Å²) in [6.07, 6.45) is -0.186. The van der Waals surface area contributed by atoms with Gasteiger partial charge in [0.1, 0.15) is 18.1 Å². The molecule has 0 aromatic heterocycles. The second-order valence-corrected chi connectivity index (χ2v) is 8.39. The van der Waals surface area contributed by atoms with Crippen molar-refractivity contribution in [3.63, 3.8) is 0 Å². The highest BCUT2D eigenvalue weighted by Gasteiger charge is 2.40. The maximum Gasteiger partial charge on any atom is 0.410 e. The van der Waals surface area contributed by atoms with Crippen LogP contribution >= 0.6 is 0 Å². The molecule has 34 heavy (non-hydrogen) atoms. The van der Waals surface area contributed by atoms with Crippen molar-refractivity contribution in [3.8, 4) is 22.6 Å². The molecule has 5 rings (SSSR count). The van der Waals surface area contributed by atoms with Crippen LogP contribution in [0.1, 0.15) is 34.2 Å². The number of methoxy groups -OCH3 is 2. The fraction of sp³-hybridized carbons (Fsp3) is 0.259. The fourth-order valence-electron chi connectivity index (χ4n) is 5.12. The average molecular weight is 459 g/mol. The number of hydrogen-bond donors (Lipinski definition) is 1. The van der Waals surface area contributed by atoms with E-state index in [-0.39, 0.29) is 19.1 Å². The molecular formula is C27H25NO6. The van der Waals surface area contributed by atoms with Gasteiger partial charge in [0.05, 0.1) is 14.2 Å². The van der Waals surface area contributed by atoms with Gasteiger partial charge >= 0.3 is 12.1 Å². The van der Waals surface area contributed by atoms with Gasteiger partial charge in [-0.05, 0) is 40.3 Å². The molecule has 1 unspecified atom stereocenters. The van der Waals surface area contributed by atoms with Crippen LogP contribution in [0.3, 0.4) is 0 Å². The van der Waals surface area contributed by atoms with Gasteiger partial charge in [-0.3, -0.25) is 4.90 Å². The molecule has 1 atom stereocenters. The lowest BCUT2D eigenvalue weighted by Gasteiger charge is -2.35. The van der Waals surface area contributed by atoms with Crippen LogP contribution < -0.4 is 9.47 Å². The van der Waals surface area contributed by atoms with Crippen LogP contribution in [0.5, 0.6) is 11.5 Å². The third-order valence-corrected chi connectivity index (χ3v) is 6.67. The molecule has 3 aromatic rings. The summed E-state index contributed by atoms with van der Waals surface area (Å²) < 4.78 is 16.5. The average Bonchev–Trinajstić information content (AvgIpc) is 3.19. The molecule has 7 heteroatoms. The number of aliphatic carboxylic acids is 1. The van der Waals surface area contributed by atoms with Crippen molar-refractivity contribution in [3.05, 3.63) is 82.9 Å². The topological polar surface area (TPSA) is 85.3 Å². The SMILES string of the molecule is COc1cc2c(c(OC)c1)C(C(=O)O)N(C(=O)OCC1c3ccccc3-c3ccccc31)CC2. The molecule has 1 amide bonds. The first-order valence-electron chi connectivity index (χ1n) is 11.1. The van der Waals surface area contributed by atoms with Gasteiger partial charge in [0, 0.05) is 24.1 Å². The first-order chi connectivity index (χ1) is 16.5. The molecule has 1 aliphatic carbocycles. The van der Waals surface area contributed by atoms with E-state index in [1.165, 1.54) is 12.0 Å². The lowest BCUT2D eigenvalue weighted by molar-refractivity contribution is -0.143. The van der Waals surface area contributed by atoms with Gasteiger partial charge in [0.15, 0.2) is 6.04 Å². The highest BCUT2D eigenvalue weighted by molar-refractivity contribution is 5.84. The molecule has 174 valence electrons. The van der Waals surface area contributed by atoms with E-state index in [0.29, 0.717) is 23.5 Å². The molecule has 0 radical (unpaired) electrons. The van der Waals surface area contributed by atoms with Crippen molar-refractivity contribution in [1.29, 1.82) is 0 Å². The third-order valence-electron chi connectivity index (χ3n) is 6.67. The van der Waals surface area contributed by atoms with Crippen molar-refractivity contribution in [2.45, 2.75) is 18.4 Å². The predicted molar refractivity (Wildman–Crippen MR) is 125 cm³/mol. The number of benzene rings is 3. The molecular weight excluding hydrogens is 434 g/mol. The Morgan fingerprint density at radius 1 is 0.971 bits per heavy atom. The Kier molecular flexibility index (Phi) is 5.61. The van der Waals surface area contributed by atoms with E-state index in [2.05, 4.69) is 12.1 Å². The lowest BCUT2D eigenvalue weighted by Crippen LogP contribution is -2.44. The van der Waals surface area contributed by atoms with E-state index >= 15 is 0 Å². The Morgan fingerprint density at radius 3 is 2.21 bits per heavy atom. The highest BCUT2D eigenvalue weighted by atomic mass is 16.6. The van der Waals surface area contributed by atoms with Crippen LogP contribution in [-0.2, 0) is 16.0 Å². The zero-order chi connectivity index (χ0) is 23.8. The molecule has 1 N–H and O–H groups in total. The Labute approximate surface area is 197 Å². The van der Waals surface area contributed by atoms with Crippen LogP contribution in [0.25, 0.3) is 11.1 Å². The normalized spacial score (nSPS) is 16.3. The van der Waals surface area contributed by atoms with Crippen LogP contribution in [0.4, 0.5) is 4.79 Å². The van der Waals surface area contributed by atoms with Gasteiger partial charge in [-0.25, -0.2) is 9.59 Å². The van der Waals surface area contributed by atoms with Gasteiger partial charge in [-0.2, -0.15) is 0 Å². The largest absolute Gasteiger partial charge is 0.497 e. The van der Waals surface area contributed by atoms with E-state index < -0.39 is 18.1 Å². The Bertz CT molecular complexity index is 1210. The van der Waals surface area contributed by atoms with Crippen molar-refractivity contribution < 1.29 is 28.9 Å². The second-order valence-electron chi connectivity index (χ2n) is 8.39. The lowest BCUT2D eigenvalue weighted by atomic mass is 9.91. The quantitative estimate of drug-likeness (QED) is 0.599. The first-order valence-corrected chi connectivity index (χ1v) is 11.1. The molecule has 7 nitrogen and oxygen atoms in total. The number of fused-ring (bicyclic) bond motifs is 4. The van der Waals surface area contributed by atoms with Crippen LogP contribution in [-0.4, -0.2) is 49.4 Å². The molecule has 0 fully saturated rings. The molecule has 3 aromatic carbocycles. The standard InChI is InChI=1S/C27H25NO6/c1-32-17-13-16-11-12-28(25(26(29)30)24(16)23(14-17)33-2)27(31)34-15-22-20-9-5-3-7-18(20)19-8-4-6-10-21(19)22/h3-10,13-14,22,25H,11-12,15H2,1-2H3,(H,29,30). The van der Waals surface area contributed by atoms with Crippen LogP contribution in [0.2, 0.25) is 0 Å². The molecule has 0 spiro atoms. The molecule has 0 bridgehead atoms. The summed E-state index contributed by atoms with van der Waals surface area (Å²) in [5, 5.41) is 10.1. The minimum Gasteiger partial charge on any atom is -0.497 e. The summed E-state index contributed by atoms with van der Waals surface area (Å²) >= 11 is 0. The number of carboxylic acids is 1. The zero-order valence-corrected chi connectivity index (χ0v) is 19.0. The van der Waals surface area contributed by atoms with Gasteiger partial charge < -0.3 is 19.3 Å². The zero-order valence-electron chi connectivity index (χ0n) is 19.0. The highest BCUT2D eigenvalue weighted by Crippen LogP contribution is 2.45. The second kappa shape index (κ2) is 8.74. The summed E-state index contributed by atoms with van der Waals surface area (Å²) in [5.74, 6) is -0.291. The molecule has 1 heterocycles. The maximum atomic E-state index is 13.2. The number of ether oxygens (including phenoxy) is 3. The third kappa shape index (κ3) is 3.53. The van der Waals surface area contributed by atoms with E-state index in [9.17, 15) is 14.7 Å². The number of amides is 1. The number of nitrogens with zero attached hydrogens (tertiary/aromatic N) is 1. The Morgan fingerprint density at radius 2 is 1.62 bits per heavy atom. The van der Waals surface area contributed by atoms with Gasteiger partial charge in [0.25, 0.3) is 0 Å². The monoisotopic (exact) mass is 459 g/mol. The van der Waals surface area contributed by atoms with Gasteiger partial charge in [-0.15, -0.1) is 0 Å². The number of carbonyl (C=O) groups is 2. The van der Waals surface area contributed by atoms with Gasteiger partial charge in [0.2, 0.25) is 0 Å². The molecule has 0 saturated heterocycles. The van der Waals surface area contributed by atoms with E-state index in [1.807, 2.05) is 36.4 Å². The predicted octanol–water partition coefficient (Wildman–Crippen LogP) is 4.64. The summed E-state index contributed by atoms with van der Waals surface area (Å²) in [5.41, 5.74) is 5.70. The van der Waals surface area contributed by atoms with E-state index in [4.69, 9.17) is 14.2 Å². The Balaban J connectivity index is 1.41. The summed E-state index contributed by atoms with van der Waals surface area (Å²) in [6.45, 7) is 0.346. The Hall–Kier alpha value is -4.00. The maximum absolute atomic E-state index is 13.2. The fourth-order valence-corrected chi connectivity index (χ4v) is 5.12. The smallest absolute Gasteiger partial charge is 0.410 e. The van der Waals surface area contributed by atoms with E-state index in [1.54, 1.807) is 19.2 Å². The summed E-state index contributed by atoms with van der Waals surface area (Å²) in [6, 6.07) is 18.4. The molecule has 1 aliphatic heterocycles. The van der Waals surface area contributed by atoms with Crippen molar-refractivity contribution in [1.82, 2.24) is 4.90 Å². The minimum absolute atomic E-state index is 0.101.